The Labute approximate surface area is 118 Å². The average molecular weight is 264 g/mol. The molecule has 0 spiro atoms. The highest BCUT2D eigenvalue weighted by Gasteiger charge is 2.17. The molecule has 1 atom stereocenters. The first-order valence-electron chi connectivity index (χ1n) is 7.20. The molecular weight excluding hydrogens is 236 g/mol. The maximum absolute atomic E-state index is 5.21. The number of benzene rings is 1. The van der Waals surface area contributed by atoms with Gasteiger partial charge >= 0.3 is 0 Å². The van der Waals surface area contributed by atoms with Crippen LogP contribution in [-0.4, -0.2) is 44.3 Å². The van der Waals surface area contributed by atoms with E-state index < -0.39 is 0 Å². The Bertz CT molecular complexity index is 327. The van der Waals surface area contributed by atoms with Crippen LogP contribution in [0.4, 0.5) is 0 Å². The molecule has 0 aliphatic carbocycles. The molecule has 0 radical (unpaired) electrons. The maximum atomic E-state index is 5.21. The molecule has 0 saturated heterocycles. The molecule has 1 unspecified atom stereocenters. The van der Waals surface area contributed by atoms with Crippen molar-refractivity contribution in [3.63, 3.8) is 0 Å². The van der Waals surface area contributed by atoms with E-state index in [2.05, 4.69) is 61.3 Å². The Morgan fingerprint density at radius 2 is 1.89 bits per heavy atom. The van der Waals surface area contributed by atoms with Crippen molar-refractivity contribution in [2.75, 3.05) is 33.4 Å². The van der Waals surface area contributed by atoms with Gasteiger partial charge in [0.25, 0.3) is 0 Å². The van der Waals surface area contributed by atoms with Gasteiger partial charge in [0.2, 0.25) is 0 Å². The summed E-state index contributed by atoms with van der Waals surface area (Å²) in [6, 6.07) is 11.6. The minimum atomic E-state index is 0.380. The molecule has 1 aromatic rings. The van der Waals surface area contributed by atoms with Gasteiger partial charge in [0.1, 0.15) is 0 Å². The molecule has 108 valence electrons. The molecule has 0 aliphatic rings. The van der Waals surface area contributed by atoms with E-state index in [4.69, 9.17) is 4.74 Å². The minimum absolute atomic E-state index is 0.380. The van der Waals surface area contributed by atoms with E-state index in [1.165, 1.54) is 5.56 Å². The van der Waals surface area contributed by atoms with E-state index in [-0.39, 0.29) is 0 Å². The monoisotopic (exact) mass is 264 g/mol. The predicted molar refractivity (Wildman–Crippen MR) is 81.4 cm³/mol. The van der Waals surface area contributed by atoms with Crippen LogP contribution in [0, 0.1) is 0 Å². The lowest BCUT2D eigenvalue weighted by atomic mass is 10.1. The van der Waals surface area contributed by atoms with Gasteiger partial charge in [0.15, 0.2) is 0 Å². The van der Waals surface area contributed by atoms with Crippen molar-refractivity contribution in [2.24, 2.45) is 0 Å². The second-order valence-corrected chi connectivity index (χ2v) is 5.10. The highest BCUT2D eigenvalue weighted by molar-refractivity contribution is 5.19. The lowest BCUT2D eigenvalue weighted by Crippen LogP contribution is -2.40. The van der Waals surface area contributed by atoms with Gasteiger partial charge in [0, 0.05) is 32.3 Å². The molecule has 0 aliphatic heterocycles. The van der Waals surface area contributed by atoms with E-state index >= 15 is 0 Å². The highest BCUT2D eigenvalue weighted by Crippen LogP contribution is 2.15. The third kappa shape index (κ3) is 5.72. The third-order valence-electron chi connectivity index (χ3n) is 3.38. The molecule has 0 bridgehead atoms. The molecular formula is C16H28N2O. The molecule has 1 aromatic carbocycles. The topological polar surface area (TPSA) is 24.5 Å². The fourth-order valence-electron chi connectivity index (χ4n) is 2.22. The zero-order chi connectivity index (χ0) is 14.1. The van der Waals surface area contributed by atoms with Crippen molar-refractivity contribution in [2.45, 2.75) is 32.9 Å². The number of hydrogen-bond acceptors (Lipinski definition) is 3. The lowest BCUT2D eigenvalue weighted by molar-refractivity contribution is 0.121. The van der Waals surface area contributed by atoms with Crippen LogP contribution in [0.25, 0.3) is 0 Å². The van der Waals surface area contributed by atoms with Crippen molar-refractivity contribution < 1.29 is 4.74 Å². The van der Waals surface area contributed by atoms with Crippen molar-refractivity contribution in [3.05, 3.63) is 35.9 Å². The first kappa shape index (κ1) is 16.2. The number of nitrogens with one attached hydrogen (secondary N) is 1. The van der Waals surface area contributed by atoms with Crippen LogP contribution >= 0.6 is 0 Å². The zero-order valence-electron chi connectivity index (χ0n) is 12.7. The van der Waals surface area contributed by atoms with Gasteiger partial charge < -0.3 is 10.1 Å². The standard InChI is InChI=1S/C16H28N2O/c1-5-17-16(15-9-7-6-8-10-15)13-18(14(2)3)11-12-19-4/h6-10,14,16-17H,5,11-13H2,1-4H3. The summed E-state index contributed by atoms with van der Waals surface area (Å²) in [7, 11) is 1.76. The first-order chi connectivity index (χ1) is 9.19. The normalized spacial score (nSPS) is 13.2. The Hall–Kier alpha value is -0.900. The van der Waals surface area contributed by atoms with Gasteiger partial charge in [-0.05, 0) is 26.0 Å². The number of hydrogen-bond donors (Lipinski definition) is 1. The van der Waals surface area contributed by atoms with Gasteiger partial charge in [-0.1, -0.05) is 37.3 Å². The first-order valence-corrected chi connectivity index (χ1v) is 7.20. The van der Waals surface area contributed by atoms with Gasteiger partial charge in [-0.15, -0.1) is 0 Å². The van der Waals surface area contributed by atoms with Crippen molar-refractivity contribution >= 4 is 0 Å². The van der Waals surface area contributed by atoms with Gasteiger partial charge in [0.05, 0.1) is 6.61 Å². The molecule has 1 rings (SSSR count). The number of likely N-dealkylation sites (N-methyl/N-ethyl adjacent to an activating group) is 1. The fourth-order valence-corrected chi connectivity index (χ4v) is 2.22. The molecule has 3 heteroatoms. The summed E-state index contributed by atoms with van der Waals surface area (Å²) in [4.78, 5) is 2.46. The summed E-state index contributed by atoms with van der Waals surface area (Å²) in [5.41, 5.74) is 1.35. The molecule has 19 heavy (non-hydrogen) atoms. The smallest absolute Gasteiger partial charge is 0.0589 e. The highest BCUT2D eigenvalue weighted by atomic mass is 16.5. The van der Waals surface area contributed by atoms with Gasteiger partial charge in [-0.3, -0.25) is 4.90 Å². The Morgan fingerprint density at radius 3 is 2.42 bits per heavy atom. The molecule has 3 nitrogen and oxygen atoms in total. The SMILES string of the molecule is CCNC(CN(CCOC)C(C)C)c1ccccc1. The lowest BCUT2D eigenvalue weighted by Gasteiger charge is -2.31. The van der Waals surface area contributed by atoms with Crippen LogP contribution in [0.3, 0.4) is 0 Å². The molecule has 0 fully saturated rings. The molecule has 0 heterocycles. The van der Waals surface area contributed by atoms with E-state index in [1.807, 2.05) is 0 Å². The van der Waals surface area contributed by atoms with Crippen LogP contribution in [0.5, 0.6) is 0 Å². The summed E-state index contributed by atoms with van der Waals surface area (Å²) in [5.74, 6) is 0. The summed E-state index contributed by atoms with van der Waals surface area (Å²) in [6.07, 6.45) is 0. The summed E-state index contributed by atoms with van der Waals surface area (Å²) in [5, 5.41) is 3.58. The molecule has 0 saturated carbocycles. The maximum Gasteiger partial charge on any atom is 0.0589 e. The molecule has 1 N–H and O–H groups in total. The van der Waals surface area contributed by atoms with Crippen molar-refractivity contribution in [3.8, 4) is 0 Å². The summed E-state index contributed by atoms with van der Waals surface area (Å²) >= 11 is 0. The Morgan fingerprint density at radius 1 is 1.21 bits per heavy atom. The van der Waals surface area contributed by atoms with Crippen LogP contribution in [0.15, 0.2) is 30.3 Å². The molecule has 0 amide bonds. The fraction of sp³-hybridized carbons (Fsp3) is 0.625. The number of nitrogens with zero attached hydrogens (tertiary/aromatic N) is 1. The second-order valence-electron chi connectivity index (χ2n) is 5.10. The Balaban J connectivity index is 2.70. The van der Waals surface area contributed by atoms with E-state index in [0.717, 1.165) is 26.2 Å². The van der Waals surface area contributed by atoms with Crippen molar-refractivity contribution in [1.29, 1.82) is 0 Å². The van der Waals surface area contributed by atoms with Crippen LogP contribution in [-0.2, 0) is 4.74 Å². The summed E-state index contributed by atoms with van der Waals surface area (Å²) < 4.78 is 5.21. The predicted octanol–water partition coefficient (Wildman–Crippen LogP) is 2.69. The van der Waals surface area contributed by atoms with E-state index in [9.17, 15) is 0 Å². The number of methoxy groups -OCH3 is 1. The largest absolute Gasteiger partial charge is 0.383 e. The quantitative estimate of drug-likeness (QED) is 0.742. The minimum Gasteiger partial charge on any atom is -0.383 e. The van der Waals surface area contributed by atoms with Crippen molar-refractivity contribution in [1.82, 2.24) is 10.2 Å². The van der Waals surface area contributed by atoms with Crippen LogP contribution in [0.1, 0.15) is 32.4 Å². The molecule has 0 aromatic heterocycles. The summed E-state index contributed by atoms with van der Waals surface area (Å²) in [6.45, 7) is 10.4. The number of ether oxygens (including phenoxy) is 1. The zero-order valence-corrected chi connectivity index (χ0v) is 12.7. The van der Waals surface area contributed by atoms with Crippen LogP contribution in [0.2, 0.25) is 0 Å². The third-order valence-corrected chi connectivity index (χ3v) is 3.38. The van der Waals surface area contributed by atoms with Crippen LogP contribution < -0.4 is 5.32 Å². The van der Waals surface area contributed by atoms with Gasteiger partial charge in [-0.2, -0.15) is 0 Å². The average Bonchev–Trinajstić information content (AvgIpc) is 2.43. The van der Waals surface area contributed by atoms with E-state index in [1.54, 1.807) is 7.11 Å². The Kier molecular flexibility index (Phi) is 7.72. The van der Waals surface area contributed by atoms with E-state index in [0.29, 0.717) is 12.1 Å². The second kappa shape index (κ2) is 9.08. The number of rotatable bonds is 9. The van der Waals surface area contributed by atoms with Gasteiger partial charge in [-0.25, -0.2) is 0 Å².